The third-order valence-electron chi connectivity index (χ3n) is 2.26. The van der Waals surface area contributed by atoms with Crippen molar-refractivity contribution in [3.63, 3.8) is 0 Å². The standard InChI is InChI=1S/C11H13BN2O4/c1-3-17-10-4-8-9(14-7(2)6-13-8)5-11(10)18-12(15)16/h4-6,15-16H,3H2,1-2H3. The molecular weight excluding hydrogens is 235 g/mol. The van der Waals surface area contributed by atoms with Gasteiger partial charge in [0.15, 0.2) is 5.75 Å². The van der Waals surface area contributed by atoms with Crippen LogP contribution in [0.25, 0.3) is 11.0 Å². The molecule has 0 unspecified atom stereocenters. The van der Waals surface area contributed by atoms with Gasteiger partial charge in [-0.25, -0.2) is 4.98 Å². The summed E-state index contributed by atoms with van der Waals surface area (Å²) >= 11 is 0. The van der Waals surface area contributed by atoms with Crippen LogP contribution in [0.4, 0.5) is 0 Å². The van der Waals surface area contributed by atoms with E-state index in [9.17, 15) is 0 Å². The maximum absolute atomic E-state index is 8.87. The Kier molecular flexibility index (Phi) is 3.64. The van der Waals surface area contributed by atoms with Gasteiger partial charge in [0.2, 0.25) is 0 Å². The molecule has 1 heterocycles. The normalized spacial score (nSPS) is 10.4. The van der Waals surface area contributed by atoms with Crippen LogP contribution in [-0.2, 0) is 0 Å². The van der Waals surface area contributed by atoms with E-state index in [4.69, 9.17) is 19.4 Å². The van der Waals surface area contributed by atoms with Crippen LogP contribution in [0.2, 0.25) is 0 Å². The molecule has 7 heteroatoms. The smallest absolute Gasteiger partial charge is 0.509 e. The van der Waals surface area contributed by atoms with Gasteiger partial charge >= 0.3 is 7.32 Å². The average molecular weight is 248 g/mol. The zero-order valence-electron chi connectivity index (χ0n) is 10.1. The first-order valence-electron chi connectivity index (χ1n) is 5.53. The number of hydrogen-bond acceptors (Lipinski definition) is 6. The molecule has 6 nitrogen and oxygen atoms in total. The van der Waals surface area contributed by atoms with Crippen LogP contribution in [0.15, 0.2) is 18.3 Å². The number of nitrogens with zero attached hydrogens (tertiary/aromatic N) is 2. The second-order valence-corrected chi connectivity index (χ2v) is 3.68. The van der Waals surface area contributed by atoms with Crippen molar-refractivity contribution in [3.8, 4) is 11.5 Å². The Bertz CT molecular complexity index is 562. The van der Waals surface area contributed by atoms with Crippen molar-refractivity contribution in [2.45, 2.75) is 13.8 Å². The van der Waals surface area contributed by atoms with E-state index in [0.717, 1.165) is 5.69 Å². The van der Waals surface area contributed by atoms with Crippen molar-refractivity contribution in [2.75, 3.05) is 6.61 Å². The molecule has 2 N–H and O–H groups in total. The Morgan fingerprint density at radius 1 is 1.22 bits per heavy atom. The van der Waals surface area contributed by atoms with Crippen LogP contribution in [0, 0.1) is 6.92 Å². The van der Waals surface area contributed by atoms with Crippen molar-refractivity contribution >= 4 is 18.4 Å². The van der Waals surface area contributed by atoms with Crippen molar-refractivity contribution in [1.82, 2.24) is 9.97 Å². The summed E-state index contributed by atoms with van der Waals surface area (Å²) in [7, 11) is -1.90. The Morgan fingerprint density at radius 3 is 2.61 bits per heavy atom. The van der Waals surface area contributed by atoms with Gasteiger partial charge in [-0.05, 0) is 13.8 Å². The molecule has 2 aromatic rings. The van der Waals surface area contributed by atoms with Crippen LogP contribution in [-0.4, -0.2) is 33.9 Å². The van der Waals surface area contributed by atoms with Crippen LogP contribution in [0.1, 0.15) is 12.6 Å². The third kappa shape index (κ3) is 2.69. The van der Waals surface area contributed by atoms with Gasteiger partial charge in [-0.15, -0.1) is 0 Å². The molecule has 18 heavy (non-hydrogen) atoms. The van der Waals surface area contributed by atoms with E-state index in [1.165, 1.54) is 0 Å². The van der Waals surface area contributed by atoms with E-state index in [1.807, 2.05) is 13.8 Å². The van der Waals surface area contributed by atoms with Gasteiger partial charge in [0.1, 0.15) is 5.75 Å². The van der Waals surface area contributed by atoms with Crippen LogP contribution in [0.5, 0.6) is 11.5 Å². The maximum atomic E-state index is 8.87. The number of fused-ring (bicyclic) bond motifs is 1. The Morgan fingerprint density at radius 2 is 1.94 bits per heavy atom. The molecule has 0 bridgehead atoms. The molecule has 0 atom stereocenters. The van der Waals surface area contributed by atoms with E-state index in [2.05, 4.69) is 9.97 Å². The van der Waals surface area contributed by atoms with Crippen LogP contribution < -0.4 is 9.39 Å². The maximum Gasteiger partial charge on any atom is 0.707 e. The molecule has 1 aromatic carbocycles. The second-order valence-electron chi connectivity index (χ2n) is 3.68. The van der Waals surface area contributed by atoms with Gasteiger partial charge in [0, 0.05) is 18.3 Å². The van der Waals surface area contributed by atoms with E-state index >= 15 is 0 Å². The third-order valence-corrected chi connectivity index (χ3v) is 2.26. The molecule has 1 aromatic heterocycles. The topological polar surface area (TPSA) is 84.7 Å². The van der Waals surface area contributed by atoms with Crippen LogP contribution >= 0.6 is 0 Å². The fraction of sp³-hybridized carbons (Fsp3) is 0.273. The molecule has 0 spiro atoms. The highest BCUT2D eigenvalue weighted by Crippen LogP contribution is 2.31. The van der Waals surface area contributed by atoms with E-state index in [1.54, 1.807) is 18.3 Å². The SMILES string of the molecule is CCOc1cc2ncc(C)nc2cc1OB(O)O. The minimum Gasteiger partial charge on any atom is -0.509 e. The summed E-state index contributed by atoms with van der Waals surface area (Å²) < 4.78 is 10.2. The highest BCUT2D eigenvalue weighted by atomic mass is 16.6. The lowest BCUT2D eigenvalue weighted by atomic mass is 10.2. The first-order chi connectivity index (χ1) is 8.60. The Labute approximate surface area is 104 Å². The summed E-state index contributed by atoms with van der Waals surface area (Å²) in [4.78, 5) is 8.50. The fourth-order valence-corrected chi connectivity index (χ4v) is 1.59. The summed E-state index contributed by atoms with van der Waals surface area (Å²) in [6.07, 6.45) is 1.65. The average Bonchev–Trinajstić information content (AvgIpc) is 2.30. The number of aryl methyl sites for hydroxylation is 1. The molecular formula is C11H13BN2O4. The molecule has 0 saturated carbocycles. The number of rotatable bonds is 4. The van der Waals surface area contributed by atoms with Gasteiger partial charge in [-0.2, -0.15) is 0 Å². The predicted molar refractivity (Wildman–Crippen MR) is 66.3 cm³/mol. The molecule has 0 aliphatic rings. The molecule has 0 aliphatic heterocycles. The van der Waals surface area contributed by atoms with E-state index in [-0.39, 0.29) is 5.75 Å². The Balaban J connectivity index is 2.53. The summed E-state index contributed by atoms with van der Waals surface area (Å²) in [6, 6.07) is 3.22. The second kappa shape index (κ2) is 5.20. The summed E-state index contributed by atoms with van der Waals surface area (Å²) in [5.41, 5.74) is 2.03. The number of hydrogen-bond donors (Lipinski definition) is 2. The van der Waals surface area contributed by atoms with Crippen LogP contribution in [0.3, 0.4) is 0 Å². The van der Waals surface area contributed by atoms with E-state index in [0.29, 0.717) is 23.4 Å². The molecule has 0 saturated heterocycles. The zero-order chi connectivity index (χ0) is 13.1. The number of benzene rings is 1. The Hall–Kier alpha value is -1.86. The first kappa shape index (κ1) is 12.6. The van der Waals surface area contributed by atoms with Crippen molar-refractivity contribution in [3.05, 3.63) is 24.0 Å². The molecule has 0 fully saturated rings. The monoisotopic (exact) mass is 248 g/mol. The molecule has 0 aliphatic carbocycles. The van der Waals surface area contributed by atoms with Gasteiger partial charge in [0.25, 0.3) is 0 Å². The van der Waals surface area contributed by atoms with Gasteiger partial charge in [-0.1, -0.05) is 0 Å². The largest absolute Gasteiger partial charge is 0.707 e. The summed E-state index contributed by atoms with van der Waals surface area (Å²) in [5, 5.41) is 17.7. The van der Waals surface area contributed by atoms with Crippen molar-refractivity contribution < 1.29 is 19.4 Å². The molecule has 0 radical (unpaired) electrons. The lowest BCUT2D eigenvalue weighted by Gasteiger charge is -2.12. The quantitative estimate of drug-likeness (QED) is 0.774. The predicted octanol–water partition coefficient (Wildman–Crippen LogP) is 0.685. The summed E-state index contributed by atoms with van der Waals surface area (Å²) in [6.45, 7) is 4.08. The van der Waals surface area contributed by atoms with Crippen molar-refractivity contribution in [2.24, 2.45) is 0 Å². The summed E-state index contributed by atoms with van der Waals surface area (Å²) in [5.74, 6) is 0.621. The van der Waals surface area contributed by atoms with Gasteiger partial charge in [0.05, 0.1) is 23.3 Å². The first-order valence-corrected chi connectivity index (χ1v) is 5.53. The molecule has 94 valence electrons. The highest BCUT2D eigenvalue weighted by Gasteiger charge is 2.16. The lowest BCUT2D eigenvalue weighted by molar-refractivity contribution is 0.272. The van der Waals surface area contributed by atoms with Gasteiger partial charge in [-0.3, -0.25) is 4.98 Å². The molecule has 2 rings (SSSR count). The molecule has 0 amide bonds. The minimum atomic E-state index is -1.90. The highest BCUT2D eigenvalue weighted by molar-refractivity contribution is 6.33. The van der Waals surface area contributed by atoms with E-state index < -0.39 is 7.32 Å². The fourth-order valence-electron chi connectivity index (χ4n) is 1.59. The van der Waals surface area contributed by atoms with Crippen molar-refractivity contribution in [1.29, 1.82) is 0 Å². The lowest BCUT2D eigenvalue weighted by Crippen LogP contribution is -2.21. The zero-order valence-corrected chi connectivity index (χ0v) is 10.1. The van der Waals surface area contributed by atoms with Gasteiger partial charge < -0.3 is 19.4 Å². The number of ether oxygens (including phenoxy) is 1. The number of aromatic nitrogens is 2. The minimum absolute atomic E-state index is 0.222.